The van der Waals surface area contributed by atoms with Crippen molar-refractivity contribution in [3.8, 4) is 0 Å². The second kappa shape index (κ2) is 5.39. The molecule has 1 atom stereocenters. The van der Waals surface area contributed by atoms with Crippen LogP contribution in [-0.4, -0.2) is 27.3 Å². The lowest BCUT2D eigenvalue weighted by Gasteiger charge is -2.12. The molecule has 1 unspecified atom stereocenters. The van der Waals surface area contributed by atoms with Gasteiger partial charge in [-0.2, -0.15) is 0 Å². The Morgan fingerprint density at radius 2 is 2.50 bits per heavy atom. The van der Waals surface area contributed by atoms with Crippen LogP contribution in [0, 0.1) is 0 Å². The number of aromatic nitrogens is 2. The molecule has 1 amide bonds. The van der Waals surface area contributed by atoms with Crippen molar-refractivity contribution >= 4 is 17.7 Å². The molecule has 0 saturated carbocycles. The number of hydrogen-bond acceptors (Lipinski definition) is 3. The van der Waals surface area contributed by atoms with E-state index in [9.17, 15) is 4.79 Å². The molecule has 1 fully saturated rings. The third-order valence-corrected chi connectivity index (χ3v) is 4.04. The van der Waals surface area contributed by atoms with Gasteiger partial charge in [0.15, 0.2) is 5.16 Å². The predicted molar refractivity (Wildman–Crippen MR) is 64.4 cm³/mol. The first kappa shape index (κ1) is 11.5. The molecule has 2 heterocycles. The van der Waals surface area contributed by atoms with Crippen LogP contribution in [0.15, 0.2) is 17.6 Å². The first-order chi connectivity index (χ1) is 7.81. The summed E-state index contributed by atoms with van der Waals surface area (Å²) in [5.74, 6) is 0.160. The van der Waals surface area contributed by atoms with Crippen molar-refractivity contribution < 1.29 is 4.79 Å². The minimum Gasteiger partial charge on any atom is -0.355 e. The standard InChI is InChI=1S/C11H17N3OS/c1-2-14-8-7-13-11(14)16-9-5-3-4-6-12-10(9)15/h7-9H,2-6H2,1H3,(H,12,15). The molecular weight excluding hydrogens is 222 g/mol. The summed E-state index contributed by atoms with van der Waals surface area (Å²) >= 11 is 1.58. The molecule has 1 aliphatic rings. The fraction of sp³-hybridized carbons (Fsp3) is 0.636. The summed E-state index contributed by atoms with van der Waals surface area (Å²) < 4.78 is 2.07. The van der Waals surface area contributed by atoms with Gasteiger partial charge in [-0.1, -0.05) is 18.2 Å². The van der Waals surface area contributed by atoms with E-state index >= 15 is 0 Å². The van der Waals surface area contributed by atoms with Crippen LogP contribution in [0.4, 0.5) is 0 Å². The van der Waals surface area contributed by atoms with Gasteiger partial charge in [0.05, 0.1) is 5.25 Å². The van der Waals surface area contributed by atoms with Gasteiger partial charge < -0.3 is 9.88 Å². The van der Waals surface area contributed by atoms with E-state index in [0.29, 0.717) is 0 Å². The zero-order chi connectivity index (χ0) is 11.4. The van der Waals surface area contributed by atoms with Gasteiger partial charge in [-0.25, -0.2) is 4.98 Å². The van der Waals surface area contributed by atoms with Gasteiger partial charge >= 0.3 is 0 Å². The second-order valence-corrected chi connectivity index (χ2v) is 5.06. The molecule has 1 aromatic heterocycles. The van der Waals surface area contributed by atoms with Gasteiger partial charge in [-0.3, -0.25) is 4.79 Å². The van der Waals surface area contributed by atoms with Crippen LogP contribution in [0.25, 0.3) is 0 Å². The van der Waals surface area contributed by atoms with E-state index in [4.69, 9.17) is 0 Å². The molecule has 1 aliphatic heterocycles. The molecule has 1 N–H and O–H groups in total. The van der Waals surface area contributed by atoms with Gasteiger partial charge in [0.25, 0.3) is 0 Å². The van der Waals surface area contributed by atoms with Crippen molar-refractivity contribution in [3.63, 3.8) is 0 Å². The van der Waals surface area contributed by atoms with Crippen molar-refractivity contribution in [2.75, 3.05) is 6.54 Å². The van der Waals surface area contributed by atoms with Crippen molar-refractivity contribution in [2.45, 2.75) is 43.1 Å². The predicted octanol–water partition coefficient (Wildman–Crippen LogP) is 1.66. The van der Waals surface area contributed by atoms with Crippen molar-refractivity contribution in [3.05, 3.63) is 12.4 Å². The van der Waals surface area contributed by atoms with Crippen LogP contribution in [-0.2, 0) is 11.3 Å². The average molecular weight is 239 g/mol. The number of hydrogen-bond donors (Lipinski definition) is 1. The summed E-state index contributed by atoms with van der Waals surface area (Å²) in [5, 5.41) is 3.92. The zero-order valence-corrected chi connectivity index (χ0v) is 10.3. The fourth-order valence-electron chi connectivity index (χ4n) is 1.81. The Balaban J connectivity index is 2.04. The lowest BCUT2D eigenvalue weighted by atomic mass is 10.2. The van der Waals surface area contributed by atoms with Crippen molar-refractivity contribution in [1.82, 2.24) is 14.9 Å². The maximum atomic E-state index is 11.8. The Kier molecular flexibility index (Phi) is 3.88. The Labute approximate surface area is 99.8 Å². The second-order valence-electron chi connectivity index (χ2n) is 3.89. The lowest BCUT2D eigenvalue weighted by Crippen LogP contribution is -2.30. The summed E-state index contributed by atoms with van der Waals surface area (Å²) in [4.78, 5) is 16.1. The fourth-order valence-corrected chi connectivity index (χ4v) is 2.98. The minimum absolute atomic E-state index is 0.0233. The highest BCUT2D eigenvalue weighted by Crippen LogP contribution is 2.26. The van der Waals surface area contributed by atoms with Crippen LogP contribution in [0.5, 0.6) is 0 Å². The Morgan fingerprint density at radius 3 is 3.31 bits per heavy atom. The van der Waals surface area contributed by atoms with Crippen molar-refractivity contribution in [1.29, 1.82) is 0 Å². The minimum atomic E-state index is 0.0233. The van der Waals surface area contributed by atoms with Gasteiger partial charge in [0.2, 0.25) is 5.91 Å². The normalized spacial score (nSPS) is 21.6. The highest BCUT2D eigenvalue weighted by atomic mass is 32.2. The molecule has 0 bridgehead atoms. The highest BCUT2D eigenvalue weighted by Gasteiger charge is 2.23. The molecule has 0 aliphatic carbocycles. The van der Waals surface area contributed by atoms with Crippen LogP contribution in [0.1, 0.15) is 26.2 Å². The number of thioether (sulfide) groups is 1. The number of amides is 1. The highest BCUT2D eigenvalue weighted by molar-refractivity contribution is 8.00. The molecule has 88 valence electrons. The summed E-state index contributed by atoms with van der Waals surface area (Å²) in [5.41, 5.74) is 0. The summed E-state index contributed by atoms with van der Waals surface area (Å²) in [6, 6.07) is 0. The number of carbonyl (C=O) groups is 1. The van der Waals surface area contributed by atoms with Crippen molar-refractivity contribution in [2.24, 2.45) is 0 Å². The van der Waals surface area contributed by atoms with E-state index < -0.39 is 0 Å². The maximum Gasteiger partial charge on any atom is 0.233 e. The van der Waals surface area contributed by atoms with Crippen LogP contribution < -0.4 is 5.32 Å². The van der Waals surface area contributed by atoms with E-state index in [0.717, 1.165) is 37.5 Å². The molecule has 5 heteroatoms. The molecule has 4 nitrogen and oxygen atoms in total. The third kappa shape index (κ3) is 2.58. The van der Waals surface area contributed by atoms with Crippen LogP contribution in [0.3, 0.4) is 0 Å². The number of aryl methyl sites for hydroxylation is 1. The van der Waals surface area contributed by atoms with E-state index in [2.05, 4.69) is 21.8 Å². The maximum absolute atomic E-state index is 11.8. The molecule has 16 heavy (non-hydrogen) atoms. The van der Waals surface area contributed by atoms with E-state index in [-0.39, 0.29) is 11.2 Å². The number of nitrogens with one attached hydrogen (secondary N) is 1. The Hall–Kier alpha value is -0.970. The average Bonchev–Trinajstić information content (AvgIpc) is 2.64. The zero-order valence-electron chi connectivity index (χ0n) is 9.48. The van der Waals surface area contributed by atoms with Gasteiger partial charge in [0, 0.05) is 25.5 Å². The first-order valence-corrected chi connectivity index (χ1v) is 6.64. The topological polar surface area (TPSA) is 46.9 Å². The number of rotatable bonds is 3. The van der Waals surface area contributed by atoms with Crippen LogP contribution in [0.2, 0.25) is 0 Å². The van der Waals surface area contributed by atoms with E-state index in [1.807, 2.05) is 6.20 Å². The molecular formula is C11H17N3OS. The third-order valence-electron chi connectivity index (χ3n) is 2.75. The monoisotopic (exact) mass is 239 g/mol. The Bertz CT molecular complexity index is 364. The summed E-state index contributed by atoms with van der Waals surface area (Å²) in [6.07, 6.45) is 6.90. The summed E-state index contributed by atoms with van der Waals surface area (Å²) in [6.45, 7) is 3.80. The molecule has 0 radical (unpaired) electrons. The van der Waals surface area contributed by atoms with Gasteiger partial charge in [-0.15, -0.1) is 0 Å². The molecule has 1 saturated heterocycles. The number of nitrogens with zero attached hydrogens (tertiary/aromatic N) is 2. The number of carbonyl (C=O) groups excluding carboxylic acids is 1. The first-order valence-electron chi connectivity index (χ1n) is 5.76. The van der Waals surface area contributed by atoms with E-state index in [1.165, 1.54) is 0 Å². The molecule has 1 aromatic rings. The SMILES string of the molecule is CCn1ccnc1SC1CCCCNC1=O. The molecule has 0 spiro atoms. The Morgan fingerprint density at radius 1 is 1.62 bits per heavy atom. The van der Waals surface area contributed by atoms with E-state index in [1.54, 1.807) is 18.0 Å². The lowest BCUT2D eigenvalue weighted by molar-refractivity contribution is -0.120. The quantitative estimate of drug-likeness (QED) is 0.872. The van der Waals surface area contributed by atoms with Gasteiger partial charge in [-0.05, 0) is 19.8 Å². The molecule has 2 rings (SSSR count). The van der Waals surface area contributed by atoms with Crippen LogP contribution >= 0.6 is 11.8 Å². The largest absolute Gasteiger partial charge is 0.355 e. The number of imidazole rings is 1. The smallest absolute Gasteiger partial charge is 0.233 e. The molecule has 0 aromatic carbocycles. The van der Waals surface area contributed by atoms with Gasteiger partial charge in [0.1, 0.15) is 0 Å². The summed E-state index contributed by atoms with van der Waals surface area (Å²) in [7, 11) is 0.